The Bertz CT molecular complexity index is 1410. The maximum absolute atomic E-state index is 12.7. The monoisotopic (exact) mass is 475 g/mol. The van der Waals surface area contributed by atoms with Gasteiger partial charge in [-0.15, -0.1) is 0 Å². The zero-order valence-electron chi connectivity index (χ0n) is 19.1. The standard InChI is InChI=1S/C25H25N5O3S/c1-17-6-5-8-19(14-17)24-27-30-22(31)15-21(26-25(30)34-24)28-10-12-29(13-11-28)23(32)16-33-20-9-4-3-7-18(20)2/h3-9,14-15H,10-13,16H2,1-2H3. The van der Waals surface area contributed by atoms with Crippen LogP contribution in [-0.4, -0.2) is 58.2 Å². The molecule has 3 heterocycles. The minimum atomic E-state index is -0.208. The van der Waals surface area contributed by atoms with Gasteiger partial charge in [0.1, 0.15) is 16.6 Å². The van der Waals surface area contributed by atoms with Crippen molar-refractivity contribution in [3.05, 3.63) is 76.1 Å². The van der Waals surface area contributed by atoms with Gasteiger partial charge in [0, 0.05) is 37.8 Å². The third-order valence-corrected chi connectivity index (χ3v) is 6.86. The Hall–Kier alpha value is -3.72. The molecule has 0 bridgehead atoms. The third kappa shape index (κ3) is 4.51. The van der Waals surface area contributed by atoms with Gasteiger partial charge in [-0.05, 0) is 31.5 Å². The molecule has 2 aromatic carbocycles. The van der Waals surface area contributed by atoms with E-state index in [0.717, 1.165) is 27.4 Å². The van der Waals surface area contributed by atoms with E-state index < -0.39 is 0 Å². The number of hydrogen-bond donors (Lipinski definition) is 0. The van der Waals surface area contributed by atoms with E-state index in [0.29, 0.717) is 37.0 Å². The van der Waals surface area contributed by atoms with E-state index in [1.807, 2.05) is 67.3 Å². The number of piperazine rings is 1. The fourth-order valence-electron chi connectivity index (χ4n) is 3.99. The van der Waals surface area contributed by atoms with Gasteiger partial charge in [0.05, 0.1) is 0 Å². The van der Waals surface area contributed by atoms with Gasteiger partial charge < -0.3 is 14.5 Å². The number of aromatic nitrogens is 3. The maximum atomic E-state index is 12.7. The number of ether oxygens (including phenoxy) is 1. The van der Waals surface area contributed by atoms with Crippen molar-refractivity contribution >= 4 is 28.0 Å². The molecular weight excluding hydrogens is 450 g/mol. The molecule has 1 fully saturated rings. The molecule has 174 valence electrons. The number of amides is 1. The predicted molar refractivity (Wildman–Crippen MR) is 133 cm³/mol. The quantitative estimate of drug-likeness (QED) is 0.441. The van der Waals surface area contributed by atoms with E-state index >= 15 is 0 Å². The summed E-state index contributed by atoms with van der Waals surface area (Å²) in [5.74, 6) is 1.30. The van der Waals surface area contributed by atoms with Crippen LogP contribution in [0.4, 0.5) is 5.82 Å². The second-order valence-electron chi connectivity index (χ2n) is 8.35. The fourth-order valence-corrected chi connectivity index (χ4v) is 4.89. The maximum Gasteiger partial charge on any atom is 0.277 e. The molecule has 9 heteroatoms. The van der Waals surface area contributed by atoms with Crippen molar-refractivity contribution in [3.8, 4) is 16.3 Å². The highest BCUT2D eigenvalue weighted by Crippen LogP contribution is 2.26. The number of carbonyl (C=O) groups excluding carboxylic acids is 1. The van der Waals surface area contributed by atoms with Crippen molar-refractivity contribution in [1.29, 1.82) is 0 Å². The average Bonchev–Trinajstić information content (AvgIpc) is 3.29. The van der Waals surface area contributed by atoms with Gasteiger partial charge >= 0.3 is 0 Å². The summed E-state index contributed by atoms with van der Waals surface area (Å²) < 4.78 is 7.06. The Morgan fingerprint density at radius 3 is 2.59 bits per heavy atom. The summed E-state index contributed by atoms with van der Waals surface area (Å²) in [5.41, 5.74) is 2.90. The van der Waals surface area contributed by atoms with Crippen LogP contribution in [0.3, 0.4) is 0 Å². The number of carbonyl (C=O) groups is 1. The van der Waals surface area contributed by atoms with E-state index in [4.69, 9.17) is 9.72 Å². The van der Waals surface area contributed by atoms with E-state index in [1.54, 1.807) is 4.90 Å². The molecule has 5 rings (SSSR count). The number of nitrogens with zero attached hydrogens (tertiary/aromatic N) is 5. The lowest BCUT2D eigenvalue weighted by Crippen LogP contribution is -2.50. The number of rotatable bonds is 5. The van der Waals surface area contributed by atoms with Crippen LogP contribution >= 0.6 is 11.3 Å². The lowest BCUT2D eigenvalue weighted by Gasteiger charge is -2.35. The number of anilines is 1. The van der Waals surface area contributed by atoms with Gasteiger partial charge in [0.2, 0.25) is 4.96 Å². The second-order valence-corrected chi connectivity index (χ2v) is 9.30. The van der Waals surface area contributed by atoms with Gasteiger partial charge in [-0.2, -0.15) is 9.61 Å². The first-order chi connectivity index (χ1) is 16.5. The van der Waals surface area contributed by atoms with Crippen LogP contribution in [0.2, 0.25) is 0 Å². The number of benzene rings is 2. The Balaban J connectivity index is 1.26. The fraction of sp³-hybridized carbons (Fsp3) is 0.280. The molecule has 0 N–H and O–H groups in total. The van der Waals surface area contributed by atoms with E-state index in [9.17, 15) is 9.59 Å². The zero-order valence-corrected chi connectivity index (χ0v) is 19.9. The molecule has 2 aromatic heterocycles. The first-order valence-electron chi connectivity index (χ1n) is 11.2. The van der Waals surface area contributed by atoms with E-state index in [2.05, 4.69) is 5.10 Å². The Kier molecular flexibility index (Phi) is 6.02. The van der Waals surface area contributed by atoms with Crippen LogP contribution in [0.15, 0.2) is 59.4 Å². The number of hydrogen-bond acceptors (Lipinski definition) is 7. The normalized spacial score (nSPS) is 13.9. The van der Waals surface area contributed by atoms with Gasteiger partial charge in [-0.25, -0.2) is 4.98 Å². The summed E-state index contributed by atoms with van der Waals surface area (Å²) in [6, 6.07) is 17.2. The van der Waals surface area contributed by atoms with Crippen LogP contribution in [-0.2, 0) is 4.79 Å². The average molecular weight is 476 g/mol. The van der Waals surface area contributed by atoms with Crippen LogP contribution in [0.25, 0.3) is 15.5 Å². The minimum absolute atomic E-state index is 0.0129. The first kappa shape index (κ1) is 22.1. The molecule has 1 saturated heterocycles. The SMILES string of the molecule is Cc1cccc(-c2nn3c(=O)cc(N4CCN(C(=O)COc5ccccc5C)CC4)nc3s2)c1. The Labute approximate surface area is 201 Å². The summed E-state index contributed by atoms with van der Waals surface area (Å²) >= 11 is 1.40. The lowest BCUT2D eigenvalue weighted by atomic mass is 10.1. The Morgan fingerprint density at radius 1 is 1.03 bits per heavy atom. The molecule has 8 nitrogen and oxygen atoms in total. The third-order valence-electron chi connectivity index (χ3n) is 5.90. The molecule has 4 aromatic rings. The molecule has 0 aliphatic carbocycles. The van der Waals surface area contributed by atoms with Crippen LogP contribution in [0.5, 0.6) is 5.75 Å². The zero-order chi connectivity index (χ0) is 23.7. The number of para-hydroxylation sites is 1. The van der Waals surface area contributed by atoms with Crippen molar-refractivity contribution in [2.24, 2.45) is 0 Å². The topological polar surface area (TPSA) is 80.0 Å². The van der Waals surface area contributed by atoms with Gasteiger partial charge in [0.25, 0.3) is 11.5 Å². The van der Waals surface area contributed by atoms with Crippen LogP contribution in [0.1, 0.15) is 11.1 Å². The smallest absolute Gasteiger partial charge is 0.277 e. The summed E-state index contributed by atoms with van der Waals surface area (Å²) in [7, 11) is 0. The number of fused-ring (bicyclic) bond motifs is 1. The van der Waals surface area contributed by atoms with Crippen molar-refractivity contribution < 1.29 is 9.53 Å². The van der Waals surface area contributed by atoms with Gasteiger partial charge in [-0.3, -0.25) is 9.59 Å². The number of aryl methyl sites for hydroxylation is 2. The van der Waals surface area contributed by atoms with Crippen molar-refractivity contribution in [1.82, 2.24) is 19.5 Å². The van der Waals surface area contributed by atoms with Crippen molar-refractivity contribution in [2.45, 2.75) is 13.8 Å². The Morgan fingerprint density at radius 2 is 1.82 bits per heavy atom. The molecule has 34 heavy (non-hydrogen) atoms. The highest BCUT2D eigenvalue weighted by atomic mass is 32.1. The second kappa shape index (κ2) is 9.26. The van der Waals surface area contributed by atoms with E-state index in [1.165, 1.54) is 21.9 Å². The molecule has 0 spiro atoms. The molecule has 1 aliphatic heterocycles. The minimum Gasteiger partial charge on any atom is -0.484 e. The highest BCUT2D eigenvalue weighted by Gasteiger charge is 2.23. The molecular formula is C25H25N5O3S. The van der Waals surface area contributed by atoms with E-state index in [-0.39, 0.29) is 18.1 Å². The highest BCUT2D eigenvalue weighted by molar-refractivity contribution is 7.19. The molecule has 0 saturated carbocycles. The van der Waals surface area contributed by atoms with Gasteiger partial charge in [-0.1, -0.05) is 53.3 Å². The predicted octanol–water partition coefficient (Wildman–Crippen LogP) is 3.16. The molecule has 1 aliphatic rings. The van der Waals surface area contributed by atoms with Crippen molar-refractivity contribution in [2.75, 3.05) is 37.7 Å². The first-order valence-corrected chi connectivity index (χ1v) is 12.0. The largest absolute Gasteiger partial charge is 0.484 e. The summed E-state index contributed by atoms with van der Waals surface area (Å²) in [5, 5.41) is 5.23. The van der Waals surface area contributed by atoms with Crippen molar-refractivity contribution in [3.63, 3.8) is 0 Å². The molecule has 1 amide bonds. The molecule has 0 unspecified atom stereocenters. The molecule has 0 radical (unpaired) electrons. The summed E-state index contributed by atoms with van der Waals surface area (Å²) in [6.07, 6.45) is 0. The molecule has 0 atom stereocenters. The van der Waals surface area contributed by atoms with Crippen LogP contribution < -0.4 is 15.2 Å². The summed E-state index contributed by atoms with van der Waals surface area (Å²) in [4.78, 5) is 34.5. The lowest BCUT2D eigenvalue weighted by molar-refractivity contribution is -0.133. The summed E-state index contributed by atoms with van der Waals surface area (Å²) in [6.45, 7) is 6.29. The van der Waals surface area contributed by atoms with Gasteiger partial charge in [0.15, 0.2) is 6.61 Å². The van der Waals surface area contributed by atoms with Crippen LogP contribution in [0, 0.1) is 13.8 Å².